The van der Waals surface area contributed by atoms with Crippen LogP contribution in [0, 0.1) is 0 Å². The Hall–Kier alpha value is -4.74. The molecular formula is C25H22N2O9. The summed E-state index contributed by atoms with van der Waals surface area (Å²) in [7, 11) is 0. The van der Waals surface area contributed by atoms with E-state index in [1.807, 2.05) is 0 Å². The summed E-state index contributed by atoms with van der Waals surface area (Å²) >= 11 is 0. The van der Waals surface area contributed by atoms with Gasteiger partial charge in [0.1, 0.15) is 40.4 Å². The molecule has 0 saturated carbocycles. The molecule has 4 rings (SSSR count). The summed E-state index contributed by atoms with van der Waals surface area (Å²) in [5, 5.41) is 51.6. The van der Waals surface area contributed by atoms with Crippen molar-refractivity contribution in [2.45, 2.75) is 12.2 Å². The van der Waals surface area contributed by atoms with Crippen LogP contribution in [0.3, 0.4) is 0 Å². The molecule has 3 aromatic carbocycles. The van der Waals surface area contributed by atoms with Gasteiger partial charge in [0.15, 0.2) is 11.9 Å². The number of hydrogen-bond acceptors (Lipinski definition) is 9. The maximum atomic E-state index is 13.1. The van der Waals surface area contributed by atoms with Gasteiger partial charge in [0, 0.05) is 17.5 Å². The number of benzene rings is 3. The lowest BCUT2D eigenvalue weighted by molar-refractivity contribution is -0.00188. The number of rotatable bonds is 8. The molecule has 2 amide bonds. The molecule has 2 unspecified atom stereocenters. The van der Waals surface area contributed by atoms with Gasteiger partial charge >= 0.3 is 6.03 Å². The molecule has 1 aromatic heterocycles. The number of anilines is 1. The molecule has 0 aliphatic heterocycles. The van der Waals surface area contributed by atoms with Crippen molar-refractivity contribution in [1.82, 2.24) is 0 Å². The maximum absolute atomic E-state index is 13.1. The van der Waals surface area contributed by atoms with E-state index in [2.05, 4.69) is 5.32 Å². The molecule has 186 valence electrons. The van der Waals surface area contributed by atoms with Gasteiger partial charge in [-0.3, -0.25) is 4.79 Å². The molecule has 0 aliphatic carbocycles. The van der Waals surface area contributed by atoms with Crippen molar-refractivity contribution in [2.24, 2.45) is 5.73 Å². The molecule has 2 atom stereocenters. The van der Waals surface area contributed by atoms with Crippen LogP contribution >= 0.6 is 0 Å². The zero-order valence-corrected chi connectivity index (χ0v) is 18.6. The second-order valence-corrected chi connectivity index (χ2v) is 7.86. The first-order valence-electron chi connectivity index (χ1n) is 10.6. The van der Waals surface area contributed by atoms with Gasteiger partial charge in [-0.05, 0) is 42.0 Å². The number of carbonyl (C=O) groups is 2. The largest absolute Gasteiger partial charge is 0.508 e. The SMILES string of the molecule is NC(=O)Nc1c(C(=O)c2ccc(O)cc2O)oc2cc(OC(c3ccc(O)cc3)C(O)CO)ccc12. The summed E-state index contributed by atoms with van der Waals surface area (Å²) in [6.45, 7) is -0.601. The number of ether oxygens (including phenoxy) is 1. The number of hydrogen-bond donors (Lipinski definition) is 7. The van der Waals surface area contributed by atoms with Crippen LogP contribution in [0.25, 0.3) is 11.0 Å². The lowest BCUT2D eigenvalue weighted by atomic mass is 10.0. The number of ketones is 1. The first kappa shape index (κ1) is 24.4. The lowest BCUT2D eigenvalue weighted by Gasteiger charge is -2.23. The third kappa shape index (κ3) is 4.87. The Kier molecular flexibility index (Phi) is 6.68. The molecule has 0 aliphatic rings. The first-order chi connectivity index (χ1) is 17.2. The summed E-state index contributed by atoms with van der Waals surface area (Å²) in [5.41, 5.74) is 5.64. The second kappa shape index (κ2) is 9.86. The fourth-order valence-electron chi connectivity index (χ4n) is 3.67. The van der Waals surface area contributed by atoms with Crippen LogP contribution in [0.1, 0.15) is 27.8 Å². The van der Waals surface area contributed by atoms with E-state index >= 15 is 0 Å². The van der Waals surface area contributed by atoms with E-state index < -0.39 is 36.4 Å². The number of nitrogens with two attached hydrogens (primary N) is 1. The fourth-order valence-corrected chi connectivity index (χ4v) is 3.67. The van der Waals surface area contributed by atoms with Gasteiger partial charge < -0.3 is 45.7 Å². The molecule has 8 N–H and O–H groups in total. The Labute approximate surface area is 203 Å². The average Bonchev–Trinajstić information content (AvgIpc) is 3.19. The molecule has 0 spiro atoms. The normalized spacial score (nSPS) is 12.7. The van der Waals surface area contributed by atoms with Crippen LogP contribution in [0.4, 0.5) is 10.5 Å². The highest BCUT2D eigenvalue weighted by Gasteiger charge is 2.27. The number of phenolic OH excluding ortho intramolecular Hbond substituents is 3. The minimum Gasteiger partial charge on any atom is -0.508 e. The van der Waals surface area contributed by atoms with Gasteiger partial charge in [-0.1, -0.05) is 12.1 Å². The number of fused-ring (bicyclic) bond motifs is 1. The van der Waals surface area contributed by atoms with Gasteiger partial charge in [-0.2, -0.15) is 0 Å². The van der Waals surface area contributed by atoms with E-state index in [1.54, 1.807) is 0 Å². The van der Waals surface area contributed by atoms with Gasteiger partial charge in [-0.25, -0.2) is 4.79 Å². The summed E-state index contributed by atoms with van der Waals surface area (Å²) in [6, 6.07) is 12.7. The zero-order valence-electron chi connectivity index (χ0n) is 18.6. The predicted molar refractivity (Wildman–Crippen MR) is 127 cm³/mol. The molecular weight excluding hydrogens is 472 g/mol. The van der Waals surface area contributed by atoms with Gasteiger partial charge in [-0.15, -0.1) is 0 Å². The zero-order chi connectivity index (χ0) is 26.0. The molecule has 1 heterocycles. The third-order valence-electron chi connectivity index (χ3n) is 5.36. The molecule has 11 nitrogen and oxygen atoms in total. The number of aliphatic hydroxyl groups excluding tert-OH is 2. The maximum Gasteiger partial charge on any atom is 0.316 e. The molecule has 4 aromatic rings. The molecule has 0 saturated heterocycles. The molecule has 36 heavy (non-hydrogen) atoms. The van der Waals surface area contributed by atoms with Crippen LogP contribution in [0.2, 0.25) is 0 Å². The summed E-state index contributed by atoms with van der Waals surface area (Å²) in [6.07, 6.45) is -2.31. The van der Waals surface area contributed by atoms with Crippen molar-refractivity contribution in [3.8, 4) is 23.0 Å². The predicted octanol–water partition coefficient (Wildman–Crippen LogP) is 2.74. The standard InChI is InChI=1S/C25H22N2O9/c26-25(34)27-21-17-8-6-15(35-23(19(32)11-28)12-1-3-13(29)4-2-12)10-20(17)36-24(21)22(33)16-7-5-14(30)9-18(16)31/h1-10,19,23,28-32H,11H2,(H3,26,27,34). The number of nitrogens with one attached hydrogen (secondary N) is 1. The Morgan fingerprint density at radius 3 is 2.31 bits per heavy atom. The molecule has 11 heteroatoms. The molecule has 0 radical (unpaired) electrons. The Morgan fingerprint density at radius 2 is 1.67 bits per heavy atom. The van der Waals surface area contributed by atoms with Crippen molar-refractivity contribution in [3.63, 3.8) is 0 Å². The molecule has 0 bridgehead atoms. The van der Waals surface area contributed by atoms with Crippen molar-refractivity contribution < 1.29 is 44.3 Å². The van der Waals surface area contributed by atoms with Gasteiger partial charge in [0.05, 0.1) is 12.2 Å². The average molecular weight is 494 g/mol. The van der Waals surface area contributed by atoms with E-state index in [0.29, 0.717) is 10.9 Å². The van der Waals surface area contributed by atoms with Crippen molar-refractivity contribution in [2.75, 3.05) is 11.9 Å². The minimum atomic E-state index is -1.30. The monoisotopic (exact) mass is 494 g/mol. The van der Waals surface area contributed by atoms with Gasteiger partial charge in [0.2, 0.25) is 5.78 Å². The number of carbonyl (C=O) groups excluding carboxylic acids is 2. The van der Waals surface area contributed by atoms with Gasteiger partial charge in [0.25, 0.3) is 0 Å². The van der Waals surface area contributed by atoms with E-state index in [4.69, 9.17) is 14.9 Å². The lowest BCUT2D eigenvalue weighted by Crippen LogP contribution is -2.27. The fraction of sp³-hybridized carbons (Fsp3) is 0.120. The number of aliphatic hydroxyl groups is 2. The highest BCUT2D eigenvalue weighted by molar-refractivity contribution is 6.18. The summed E-state index contributed by atoms with van der Waals surface area (Å²) < 4.78 is 11.6. The van der Waals surface area contributed by atoms with Crippen molar-refractivity contribution in [3.05, 3.63) is 77.6 Å². The Morgan fingerprint density at radius 1 is 0.972 bits per heavy atom. The molecule has 0 fully saturated rings. The Bertz CT molecular complexity index is 1430. The van der Waals surface area contributed by atoms with Crippen LogP contribution in [-0.4, -0.2) is 50.1 Å². The smallest absolute Gasteiger partial charge is 0.316 e. The van der Waals surface area contributed by atoms with Crippen LogP contribution in [-0.2, 0) is 0 Å². The summed E-state index contributed by atoms with van der Waals surface area (Å²) in [5.74, 6) is -1.65. The minimum absolute atomic E-state index is 0.0133. The first-order valence-corrected chi connectivity index (χ1v) is 10.6. The van der Waals surface area contributed by atoms with E-state index in [1.165, 1.54) is 54.6 Å². The number of aromatic hydroxyl groups is 3. The Balaban J connectivity index is 1.75. The van der Waals surface area contributed by atoms with Crippen molar-refractivity contribution in [1.29, 1.82) is 0 Å². The number of primary amides is 1. The quantitative estimate of drug-likeness (QED) is 0.180. The van der Waals surface area contributed by atoms with Crippen LogP contribution in [0.5, 0.6) is 23.0 Å². The number of urea groups is 1. The van der Waals surface area contributed by atoms with E-state index in [0.717, 1.165) is 6.07 Å². The topological polar surface area (TPSA) is 196 Å². The number of amides is 2. The van der Waals surface area contributed by atoms with E-state index in [-0.39, 0.29) is 39.8 Å². The second-order valence-electron chi connectivity index (χ2n) is 7.86. The number of furan rings is 1. The highest BCUT2D eigenvalue weighted by atomic mass is 16.5. The summed E-state index contributed by atoms with van der Waals surface area (Å²) in [4.78, 5) is 24.7. The van der Waals surface area contributed by atoms with Crippen LogP contribution in [0.15, 0.2) is 65.1 Å². The highest BCUT2D eigenvalue weighted by Crippen LogP contribution is 2.37. The number of phenols is 3. The van der Waals surface area contributed by atoms with Crippen LogP contribution < -0.4 is 15.8 Å². The van der Waals surface area contributed by atoms with Crippen molar-refractivity contribution >= 4 is 28.5 Å². The van der Waals surface area contributed by atoms with E-state index in [9.17, 15) is 35.1 Å². The third-order valence-corrected chi connectivity index (χ3v) is 5.36.